The van der Waals surface area contributed by atoms with E-state index in [0.717, 1.165) is 5.56 Å². The fourth-order valence-electron chi connectivity index (χ4n) is 1.68. The summed E-state index contributed by atoms with van der Waals surface area (Å²) < 4.78 is 5.15. The van der Waals surface area contributed by atoms with Crippen LogP contribution in [0.2, 0.25) is 0 Å². The molecule has 0 spiro atoms. The van der Waals surface area contributed by atoms with Crippen molar-refractivity contribution in [2.24, 2.45) is 0 Å². The van der Waals surface area contributed by atoms with E-state index in [1.54, 1.807) is 45.9 Å². The van der Waals surface area contributed by atoms with Crippen LogP contribution in [-0.2, 0) is 9.53 Å². The van der Waals surface area contributed by atoms with Crippen molar-refractivity contribution in [2.45, 2.75) is 45.8 Å². The molecule has 6 nitrogen and oxygen atoms in total. The maximum atomic E-state index is 11.7. The summed E-state index contributed by atoms with van der Waals surface area (Å²) in [7, 11) is 0. The van der Waals surface area contributed by atoms with Gasteiger partial charge in [0.05, 0.1) is 12.5 Å². The highest BCUT2D eigenvalue weighted by atomic mass is 16.6. The number of benzene rings is 1. The molecular formula is C15H21NO5. The summed E-state index contributed by atoms with van der Waals surface area (Å²) in [6, 6.07) is 4.88. The number of carbonyl (C=O) groups is 2. The number of aliphatic hydroxyl groups is 1. The minimum absolute atomic E-state index is 0.394. The molecule has 0 bridgehead atoms. The Morgan fingerprint density at radius 2 is 1.95 bits per heavy atom. The Morgan fingerprint density at radius 3 is 2.48 bits per heavy atom. The van der Waals surface area contributed by atoms with Gasteiger partial charge in [-0.3, -0.25) is 10.1 Å². The van der Waals surface area contributed by atoms with Gasteiger partial charge >= 0.3 is 12.1 Å². The number of hydrogen-bond acceptors (Lipinski definition) is 4. The van der Waals surface area contributed by atoms with Gasteiger partial charge in [0.1, 0.15) is 5.60 Å². The Kier molecular flexibility index (Phi) is 5.32. The Balaban J connectivity index is 2.87. The van der Waals surface area contributed by atoms with Crippen LogP contribution < -0.4 is 5.32 Å². The first-order chi connectivity index (χ1) is 9.58. The number of hydrogen-bond donors (Lipinski definition) is 3. The molecule has 0 aliphatic rings. The lowest BCUT2D eigenvalue weighted by Crippen LogP contribution is -2.27. The number of carboxylic acid groups (broad SMARTS) is 1. The molecule has 1 rings (SSSR count). The van der Waals surface area contributed by atoms with Gasteiger partial charge in [-0.1, -0.05) is 12.1 Å². The number of aliphatic hydroxyl groups excluding tert-OH is 1. The molecular weight excluding hydrogens is 274 g/mol. The third-order valence-electron chi connectivity index (χ3n) is 2.65. The van der Waals surface area contributed by atoms with E-state index in [4.69, 9.17) is 9.84 Å². The van der Waals surface area contributed by atoms with E-state index in [1.165, 1.54) is 0 Å². The number of amides is 1. The third kappa shape index (κ3) is 5.83. The zero-order valence-electron chi connectivity index (χ0n) is 12.6. The Morgan fingerprint density at radius 1 is 1.33 bits per heavy atom. The van der Waals surface area contributed by atoms with Crippen LogP contribution in [0.3, 0.4) is 0 Å². The predicted molar refractivity (Wildman–Crippen MR) is 78.2 cm³/mol. The molecule has 3 N–H and O–H groups in total. The number of carbonyl (C=O) groups excluding carboxylic acids is 1. The Labute approximate surface area is 123 Å². The number of anilines is 1. The number of carboxylic acids is 1. The van der Waals surface area contributed by atoms with Crippen LogP contribution in [0.1, 0.15) is 44.4 Å². The van der Waals surface area contributed by atoms with Crippen LogP contribution in [0.5, 0.6) is 0 Å². The van der Waals surface area contributed by atoms with Crippen LogP contribution in [0.15, 0.2) is 18.2 Å². The number of aliphatic carboxylic acids is 1. The fourth-order valence-corrected chi connectivity index (χ4v) is 1.68. The van der Waals surface area contributed by atoms with Crippen molar-refractivity contribution in [1.82, 2.24) is 0 Å². The molecule has 0 saturated heterocycles. The first-order valence-corrected chi connectivity index (χ1v) is 6.59. The molecule has 21 heavy (non-hydrogen) atoms. The van der Waals surface area contributed by atoms with Crippen molar-refractivity contribution in [3.8, 4) is 0 Å². The standard InChI is InChI=1S/C15H21NO5/c1-9-5-6-10(12(17)8-13(18)19)7-11(9)16-14(20)21-15(2,3)4/h5-7,12,17H,8H2,1-4H3,(H,16,20)(H,18,19). The second-order valence-electron chi connectivity index (χ2n) is 5.81. The molecule has 0 aliphatic carbocycles. The van der Waals surface area contributed by atoms with E-state index in [1.807, 2.05) is 0 Å². The molecule has 1 aromatic carbocycles. The molecule has 1 amide bonds. The van der Waals surface area contributed by atoms with Crippen molar-refractivity contribution in [3.05, 3.63) is 29.3 Å². The maximum absolute atomic E-state index is 11.7. The smallest absolute Gasteiger partial charge is 0.412 e. The minimum atomic E-state index is -1.12. The summed E-state index contributed by atoms with van der Waals surface area (Å²) in [5.41, 5.74) is 1.07. The van der Waals surface area contributed by atoms with Gasteiger partial charge in [-0.2, -0.15) is 0 Å². The van der Waals surface area contributed by atoms with Gasteiger partial charge in [-0.25, -0.2) is 4.79 Å². The molecule has 1 atom stereocenters. The Bertz CT molecular complexity index is 533. The molecule has 0 saturated carbocycles. The summed E-state index contributed by atoms with van der Waals surface area (Å²) in [6.45, 7) is 7.06. The number of rotatable bonds is 4. The lowest BCUT2D eigenvalue weighted by atomic mass is 10.0. The maximum Gasteiger partial charge on any atom is 0.412 e. The molecule has 0 fully saturated rings. The molecule has 0 aromatic heterocycles. The van der Waals surface area contributed by atoms with Crippen molar-refractivity contribution >= 4 is 17.7 Å². The Hall–Kier alpha value is -2.08. The highest BCUT2D eigenvalue weighted by Crippen LogP contribution is 2.24. The van der Waals surface area contributed by atoms with E-state index < -0.39 is 30.2 Å². The van der Waals surface area contributed by atoms with Crippen molar-refractivity contribution < 1.29 is 24.5 Å². The van der Waals surface area contributed by atoms with E-state index in [-0.39, 0.29) is 0 Å². The average molecular weight is 295 g/mol. The molecule has 1 aromatic rings. The molecule has 0 heterocycles. The zero-order chi connectivity index (χ0) is 16.2. The lowest BCUT2D eigenvalue weighted by molar-refractivity contribution is -0.139. The second kappa shape index (κ2) is 6.58. The SMILES string of the molecule is Cc1ccc(C(O)CC(=O)O)cc1NC(=O)OC(C)(C)C. The first-order valence-electron chi connectivity index (χ1n) is 6.59. The topological polar surface area (TPSA) is 95.9 Å². The predicted octanol–water partition coefficient (Wildman–Crippen LogP) is 2.85. The number of nitrogens with one attached hydrogen (secondary N) is 1. The number of aryl methyl sites for hydroxylation is 1. The van der Waals surface area contributed by atoms with E-state index >= 15 is 0 Å². The van der Waals surface area contributed by atoms with Crippen LogP contribution in [0.25, 0.3) is 0 Å². The monoisotopic (exact) mass is 295 g/mol. The molecule has 116 valence electrons. The van der Waals surface area contributed by atoms with Gasteiger partial charge in [-0.05, 0) is 44.9 Å². The van der Waals surface area contributed by atoms with Crippen molar-refractivity contribution in [2.75, 3.05) is 5.32 Å². The summed E-state index contributed by atoms with van der Waals surface area (Å²) in [5.74, 6) is -1.09. The largest absolute Gasteiger partial charge is 0.481 e. The molecule has 0 aliphatic heterocycles. The van der Waals surface area contributed by atoms with E-state index in [0.29, 0.717) is 11.3 Å². The minimum Gasteiger partial charge on any atom is -0.481 e. The van der Waals surface area contributed by atoms with Gasteiger partial charge in [0.15, 0.2) is 0 Å². The van der Waals surface area contributed by atoms with Gasteiger partial charge in [0, 0.05) is 5.69 Å². The van der Waals surface area contributed by atoms with Crippen LogP contribution in [-0.4, -0.2) is 27.9 Å². The van der Waals surface area contributed by atoms with Crippen LogP contribution in [0.4, 0.5) is 10.5 Å². The normalized spacial score (nSPS) is 12.6. The summed E-state index contributed by atoms with van der Waals surface area (Å²) in [5, 5.41) is 21.1. The summed E-state index contributed by atoms with van der Waals surface area (Å²) in [6.07, 6.45) is -2.12. The van der Waals surface area contributed by atoms with Crippen LogP contribution in [0, 0.1) is 6.92 Å². The highest BCUT2D eigenvalue weighted by molar-refractivity contribution is 5.86. The average Bonchev–Trinajstić information content (AvgIpc) is 2.28. The molecule has 1 unspecified atom stereocenters. The van der Waals surface area contributed by atoms with Gasteiger partial charge in [0.25, 0.3) is 0 Å². The highest BCUT2D eigenvalue weighted by Gasteiger charge is 2.18. The van der Waals surface area contributed by atoms with E-state index in [9.17, 15) is 14.7 Å². The summed E-state index contributed by atoms with van der Waals surface area (Å²) >= 11 is 0. The van der Waals surface area contributed by atoms with E-state index in [2.05, 4.69) is 5.32 Å². The molecule has 6 heteroatoms. The quantitative estimate of drug-likeness (QED) is 0.793. The lowest BCUT2D eigenvalue weighted by Gasteiger charge is -2.20. The van der Waals surface area contributed by atoms with Gasteiger partial charge in [-0.15, -0.1) is 0 Å². The van der Waals surface area contributed by atoms with Crippen LogP contribution >= 0.6 is 0 Å². The van der Waals surface area contributed by atoms with Gasteiger partial charge < -0.3 is 14.9 Å². The van der Waals surface area contributed by atoms with Crippen molar-refractivity contribution in [3.63, 3.8) is 0 Å². The first kappa shape index (κ1) is 17.0. The van der Waals surface area contributed by atoms with Gasteiger partial charge in [0.2, 0.25) is 0 Å². The van der Waals surface area contributed by atoms with Crippen molar-refractivity contribution in [1.29, 1.82) is 0 Å². The second-order valence-corrected chi connectivity index (χ2v) is 5.81. The zero-order valence-corrected chi connectivity index (χ0v) is 12.6. The number of ether oxygens (including phenoxy) is 1. The third-order valence-corrected chi connectivity index (χ3v) is 2.65. The molecule has 0 radical (unpaired) electrons. The fraction of sp³-hybridized carbons (Fsp3) is 0.467. The summed E-state index contributed by atoms with van der Waals surface area (Å²) in [4.78, 5) is 22.4.